The van der Waals surface area contributed by atoms with Crippen LogP contribution >= 0.6 is 11.6 Å². The van der Waals surface area contributed by atoms with Gasteiger partial charge in [0.1, 0.15) is 6.04 Å². The molecular weight excluding hydrogens is 522 g/mol. The maximum absolute atomic E-state index is 13.6. The maximum Gasteiger partial charge on any atom is 0.242 e. The zero-order chi connectivity index (χ0) is 27.7. The number of hydrogen-bond donors (Lipinski definition) is 1. The van der Waals surface area contributed by atoms with Crippen LogP contribution in [0.5, 0.6) is 0 Å². The molecule has 0 radical (unpaired) electrons. The predicted octanol–water partition coefficient (Wildman–Crippen LogP) is 4.58. The lowest BCUT2D eigenvalue weighted by atomic mass is 10.0. The van der Waals surface area contributed by atoms with Crippen LogP contribution in [-0.4, -0.2) is 51.0 Å². The number of aryl methyl sites for hydroxylation is 1. The average Bonchev–Trinajstić information content (AvgIpc) is 2.88. The van der Waals surface area contributed by atoms with E-state index < -0.39 is 16.1 Å². The molecule has 3 rings (SSSR count). The lowest BCUT2D eigenvalue weighted by Crippen LogP contribution is -2.49. The maximum atomic E-state index is 13.6. The van der Waals surface area contributed by atoms with Gasteiger partial charge in [-0.25, -0.2) is 8.42 Å². The molecule has 0 unspecified atom stereocenters. The fraction of sp³-hybridized carbons (Fsp3) is 0.310. The molecule has 0 aliphatic carbocycles. The zero-order valence-corrected chi connectivity index (χ0v) is 23.5. The minimum Gasteiger partial charge on any atom is -0.357 e. The van der Waals surface area contributed by atoms with E-state index in [1.807, 2.05) is 55.5 Å². The second-order valence-electron chi connectivity index (χ2n) is 9.25. The van der Waals surface area contributed by atoms with Gasteiger partial charge in [0, 0.05) is 38.0 Å². The lowest BCUT2D eigenvalue weighted by Gasteiger charge is -2.31. The molecule has 0 aromatic heterocycles. The Morgan fingerprint density at radius 1 is 0.947 bits per heavy atom. The first kappa shape index (κ1) is 29.2. The van der Waals surface area contributed by atoms with Crippen molar-refractivity contribution in [3.63, 3.8) is 0 Å². The highest BCUT2D eigenvalue weighted by atomic mass is 35.5. The molecule has 2 amide bonds. The minimum absolute atomic E-state index is 0.0702. The van der Waals surface area contributed by atoms with E-state index in [0.717, 1.165) is 22.9 Å². The number of likely N-dealkylation sites (N-methyl/N-ethyl adjacent to an activating group) is 1. The van der Waals surface area contributed by atoms with E-state index in [-0.39, 0.29) is 37.7 Å². The van der Waals surface area contributed by atoms with E-state index in [0.29, 0.717) is 17.1 Å². The first-order valence-electron chi connectivity index (χ1n) is 12.4. The molecule has 202 valence electrons. The second-order valence-corrected chi connectivity index (χ2v) is 11.6. The van der Waals surface area contributed by atoms with Gasteiger partial charge in [-0.05, 0) is 48.7 Å². The van der Waals surface area contributed by atoms with E-state index in [1.54, 1.807) is 42.3 Å². The highest BCUT2D eigenvalue weighted by molar-refractivity contribution is 7.92. The Morgan fingerprint density at radius 3 is 2.21 bits per heavy atom. The summed E-state index contributed by atoms with van der Waals surface area (Å²) in [6.07, 6.45) is 1.85. The monoisotopic (exact) mass is 555 g/mol. The molecule has 7 nitrogen and oxygen atoms in total. The van der Waals surface area contributed by atoms with Crippen LogP contribution in [0.15, 0.2) is 78.9 Å². The SMILES string of the molecule is CNC(=O)[C@@H](Cc1ccccc1)N(Cc1cccc(Cl)c1)C(=O)CCCN(c1ccc(C)cc1)S(C)(=O)=O. The Hall–Kier alpha value is -3.36. The second kappa shape index (κ2) is 13.4. The average molecular weight is 556 g/mol. The van der Waals surface area contributed by atoms with Gasteiger partial charge in [0.2, 0.25) is 21.8 Å². The van der Waals surface area contributed by atoms with Crippen molar-refractivity contribution in [1.82, 2.24) is 10.2 Å². The fourth-order valence-corrected chi connectivity index (χ4v) is 5.45. The number of hydrogen-bond acceptors (Lipinski definition) is 4. The molecule has 0 saturated carbocycles. The number of halogens is 1. The topological polar surface area (TPSA) is 86.8 Å². The zero-order valence-electron chi connectivity index (χ0n) is 21.9. The van der Waals surface area contributed by atoms with E-state index in [1.165, 1.54) is 4.31 Å². The summed E-state index contributed by atoms with van der Waals surface area (Å²) >= 11 is 6.19. The van der Waals surface area contributed by atoms with Crippen LogP contribution in [-0.2, 0) is 32.6 Å². The molecule has 0 fully saturated rings. The van der Waals surface area contributed by atoms with Gasteiger partial charge < -0.3 is 10.2 Å². The summed E-state index contributed by atoms with van der Waals surface area (Å²) in [5.41, 5.74) is 3.29. The van der Waals surface area contributed by atoms with Crippen LogP contribution < -0.4 is 9.62 Å². The molecule has 9 heteroatoms. The number of rotatable bonds is 12. The Bertz CT molecular complexity index is 1330. The van der Waals surface area contributed by atoms with Crippen molar-refractivity contribution in [2.75, 3.05) is 24.2 Å². The Morgan fingerprint density at radius 2 is 1.61 bits per heavy atom. The molecule has 0 bridgehead atoms. The van der Waals surface area contributed by atoms with Crippen LogP contribution in [0.25, 0.3) is 0 Å². The van der Waals surface area contributed by atoms with Gasteiger partial charge in [0.05, 0.1) is 11.9 Å². The molecule has 38 heavy (non-hydrogen) atoms. The highest BCUT2D eigenvalue weighted by Crippen LogP contribution is 2.21. The van der Waals surface area contributed by atoms with Crippen molar-refractivity contribution < 1.29 is 18.0 Å². The summed E-state index contributed by atoms with van der Waals surface area (Å²) in [6, 6.07) is 23.2. The van der Waals surface area contributed by atoms with E-state index >= 15 is 0 Å². The van der Waals surface area contributed by atoms with Crippen molar-refractivity contribution in [3.8, 4) is 0 Å². The quantitative estimate of drug-likeness (QED) is 0.354. The molecule has 1 N–H and O–H groups in total. The van der Waals surface area contributed by atoms with E-state index in [9.17, 15) is 18.0 Å². The van der Waals surface area contributed by atoms with Crippen molar-refractivity contribution in [3.05, 3.63) is 101 Å². The molecule has 0 heterocycles. The molecule has 0 saturated heterocycles. The fourth-order valence-electron chi connectivity index (χ4n) is 4.27. The van der Waals surface area contributed by atoms with Crippen molar-refractivity contribution in [1.29, 1.82) is 0 Å². The van der Waals surface area contributed by atoms with Crippen LogP contribution in [0.1, 0.15) is 29.5 Å². The van der Waals surface area contributed by atoms with E-state index in [4.69, 9.17) is 11.6 Å². The number of nitrogens with zero attached hydrogens (tertiary/aromatic N) is 2. The molecule has 3 aromatic rings. The van der Waals surface area contributed by atoms with Crippen LogP contribution in [0.4, 0.5) is 5.69 Å². The van der Waals surface area contributed by atoms with Gasteiger partial charge in [-0.3, -0.25) is 13.9 Å². The summed E-state index contributed by atoms with van der Waals surface area (Å²) < 4.78 is 26.3. The highest BCUT2D eigenvalue weighted by Gasteiger charge is 2.30. The summed E-state index contributed by atoms with van der Waals surface area (Å²) in [5.74, 6) is -0.520. The van der Waals surface area contributed by atoms with Crippen molar-refractivity contribution in [2.45, 2.75) is 38.8 Å². The van der Waals surface area contributed by atoms with Gasteiger partial charge in [-0.15, -0.1) is 0 Å². The number of nitrogens with one attached hydrogen (secondary N) is 1. The smallest absolute Gasteiger partial charge is 0.242 e. The van der Waals surface area contributed by atoms with Gasteiger partial charge in [0.25, 0.3) is 0 Å². The van der Waals surface area contributed by atoms with Crippen LogP contribution in [0.3, 0.4) is 0 Å². The summed E-state index contributed by atoms with van der Waals surface area (Å²) in [4.78, 5) is 28.2. The third-order valence-corrected chi connectivity index (χ3v) is 7.66. The number of anilines is 1. The summed E-state index contributed by atoms with van der Waals surface area (Å²) in [7, 11) is -2.00. The number of carbonyl (C=O) groups excluding carboxylic acids is 2. The standard InChI is InChI=1S/C29H34ClN3O4S/c1-22-14-16-26(17-15-22)33(38(3,36)37)18-8-13-28(34)32(21-24-11-7-12-25(30)19-24)27(29(35)31-2)20-23-9-5-4-6-10-23/h4-7,9-12,14-17,19,27H,8,13,18,20-21H2,1-3H3,(H,31,35)/t27-/m1/s1. The van der Waals surface area contributed by atoms with Gasteiger partial charge in [0.15, 0.2) is 0 Å². The number of amides is 2. The third kappa shape index (κ3) is 8.33. The Labute approximate surface area is 230 Å². The molecular formula is C29H34ClN3O4S. The molecule has 1 atom stereocenters. The third-order valence-electron chi connectivity index (χ3n) is 6.23. The van der Waals surface area contributed by atoms with Crippen LogP contribution in [0.2, 0.25) is 5.02 Å². The number of sulfonamides is 1. The van der Waals surface area contributed by atoms with Gasteiger partial charge in [-0.1, -0.05) is 71.8 Å². The summed E-state index contributed by atoms with van der Waals surface area (Å²) in [6.45, 7) is 2.26. The molecule has 0 aliphatic heterocycles. The van der Waals surface area contributed by atoms with E-state index in [2.05, 4.69) is 5.32 Å². The van der Waals surface area contributed by atoms with Crippen LogP contribution in [0, 0.1) is 6.92 Å². The molecule has 0 spiro atoms. The Kier molecular flexibility index (Phi) is 10.3. The van der Waals surface area contributed by atoms with Crippen molar-refractivity contribution >= 4 is 39.1 Å². The number of carbonyl (C=O) groups is 2. The number of benzene rings is 3. The first-order valence-corrected chi connectivity index (χ1v) is 14.6. The predicted molar refractivity (Wildman–Crippen MR) is 153 cm³/mol. The Balaban J connectivity index is 1.84. The molecule has 3 aromatic carbocycles. The minimum atomic E-state index is -3.55. The normalized spacial score (nSPS) is 12.0. The summed E-state index contributed by atoms with van der Waals surface area (Å²) in [5, 5.41) is 3.23. The first-order chi connectivity index (χ1) is 18.1. The van der Waals surface area contributed by atoms with Gasteiger partial charge >= 0.3 is 0 Å². The molecule has 0 aliphatic rings. The largest absolute Gasteiger partial charge is 0.357 e. The van der Waals surface area contributed by atoms with Gasteiger partial charge in [-0.2, -0.15) is 0 Å². The van der Waals surface area contributed by atoms with Crippen molar-refractivity contribution in [2.24, 2.45) is 0 Å². The lowest BCUT2D eigenvalue weighted by molar-refractivity contribution is -0.141.